The Labute approximate surface area is 145 Å². The first-order chi connectivity index (χ1) is 11.7. The Hall–Kier alpha value is -1.81. The molecule has 0 amide bonds. The van der Waals surface area contributed by atoms with Crippen LogP contribution in [0.15, 0.2) is 36.7 Å². The van der Waals surface area contributed by atoms with E-state index in [9.17, 15) is 0 Å². The van der Waals surface area contributed by atoms with Gasteiger partial charge in [0.05, 0.1) is 6.10 Å². The molecule has 1 aromatic heterocycles. The summed E-state index contributed by atoms with van der Waals surface area (Å²) in [6, 6.07) is 8.44. The molecule has 1 N–H and O–H groups in total. The van der Waals surface area contributed by atoms with Crippen LogP contribution in [0.4, 0.5) is 0 Å². The van der Waals surface area contributed by atoms with Crippen LogP contribution < -0.4 is 10.1 Å². The zero-order chi connectivity index (χ0) is 16.8. The first kappa shape index (κ1) is 17.0. The molecule has 0 spiro atoms. The molecule has 1 atom stereocenters. The summed E-state index contributed by atoms with van der Waals surface area (Å²) in [6.45, 7) is 7.16. The summed E-state index contributed by atoms with van der Waals surface area (Å²) in [5.41, 5.74) is 1.26. The molecule has 130 valence electrons. The largest absolute Gasteiger partial charge is 0.490 e. The van der Waals surface area contributed by atoms with E-state index in [2.05, 4.69) is 59.2 Å². The molecule has 1 heterocycles. The van der Waals surface area contributed by atoms with E-state index in [1.54, 1.807) is 0 Å². The Morgan fingerprint density at radius 2 is 2.08 bits per heavy atom. The van der Waals surface area contributed by atoms with Gasteiger partial charge in [0, 0.05) is 31.0 Å². The van der Waals surface area contributed by atoms with Gasteiger partial charge < -0.3 is 14.6 Å². The smallest absolute Gasteiger partial charge is 0.124 e. The van der Waals surface area contributed by atoms with Crippen LogP contribution in [0.1, 0.15) is 44.0 Å². The molecular weight excluding hydrogens is 298 g/mol. The van der Waals surface area contributed by atoms with Crippen molar-refractivity contribution in [2.24, 2.45) is 5.92 Å². The lowest BCUT2D eigenvalue weighted by Gasteiger charge is -2.18. The summed E-state index contributed by atoms with van der Waals surface area (Å²) < 4.78 is 8.42. The molecule has 0 bridgehead atoms. The topological polar surface area (TPSA) is 39.1 Å². The number of ether oxygens (including phenoxy) is 1. The quantitative estimate of drug-likeness (QED) is 0.798. The fourth-order valence-electron chi connectivity index (χ4n) is 3.40. The number of rotatable bonds is 8. The SMILES string of the molecule is Cc1nccn1CC(C)CNCc1ccccc1OC1CCCC1. The fourth-order valence-corrected chi connectivity index (χ4v) is 3.40. The fraction of sp³-hybridized carbons (Fsp3) is 0.550. The average molecular weight is 327 g/mol. The van der Waals surface area contributed by atoms with Gasteiger partial charge in [0.25, 0.3) is 0 Å². The number of aryl methyl sites for hydroxylation is 1. The normalized spacial score (nSPS) is 16.4. The molecule has 0 radical (unpaired) electrons. The van der Waals surface area contributed by atoms with Crippen molar-refractivity contribution in [3.63, 3.8) is 0 Å². The van der Waals surface area contributed by atoms with Crippen LogP contribution in [0.5, 0.6) is 5.75 Å². The third kappa shape index (κ3) is 4.60. The molecule has 1 aliphatic carbocycles. The Kier molecular flexibility index (Phi) is 5.91. The second-order valence-corrected chi connectivity index (χ2v) is 6.99. The predicted octanol–water partition coefficient (Wildman–Crippen LogP) is 3.94. The van der Waals surface area contributed by atoms with Crippen LogP contribution >= 0.6 is 0 Å². The van der Waals surface area contributed by atoms with E-state index < -0.39 is 0 Å². The molecule has 4 nitrogen and oxygen atoms in total. The maximum Gasteiger partial charge on any atom is 0.124 e. The van der Waals surface area contributed by atoms with Crippen molar-refractivity contribution < 1.29 is 4.74 Å². The van der Waals surface area contributed by atoms with E-state index in [1.807, 2.05) is 6.20 Å². The van der Waals surface area contributed by atoms with Gasteiger partial charge in [-0.15, -0.1) is 0 Å². The maximum atomic E-state index is 6.21. The number of nitrogens with one attached hydrogen (secondary N) is 1. The van der Waals surface area contributed by atoms with Crippen LogP contribution in [0.3, 0.4) is 0 Å². The van der Waals surface area contributed by atoms with Crippen LogP contribution in [-0.4, -0.2) is 22.2 Å². The van der Waals surface area contributed by atoms with E-state index >= 15 is 0 Å². The molecule has 0 saturated heterocycles. The van der Waals surface area contributed by atoms with Crippen molar-refractivity contribution in [3.8, 4) is 5.75 Å². The lowest BCUT2D eigenvalue weighted by Crippen LogP contribution is -2.24. The third-order valence-corrected chi connectivity index (χ3v) is 4.81. The number of para-hydroxylation sites is 1. The van der Waals surface area contributed by atoms with Crippen molar-refractivity contribution in [2.45, 2.75) is 58.7 Å². The summed E-state index contributed by atoms with van der Waals surface area (Å²) >= 11 is 0. The van der Waals surface area contributed by atoms with Crippen LogP contribution in [0.25, 0.3) is 0 Å². The van der Waals surface area contributed by atoms with Crippen molar-refractivity contribution in [1.82, 2.24) is 14.9 Å². The number of aromatic nitrogens is 2. The second kappa shape index (κ2) is 8.34. The summed E-state index contributed by atoms with van der Waals surface area (Å²) in [4.78, 5) is 4.28. The maximum absolute atomic E-state index is 6.21. The van der Waals surface area contributed by atoms with E-state index in [0.717, 1.165) is 31.2 Å². The van der Waals surface area contributed by atoms with Crippen molar-refractivity contribution in [3.05, 3.63) is 48.0 Å². The lowest BCUT2D eigenvalue weighted by atomic mass is 10.1. The van der Waals surface area contributed by atoms with Gasteiger partial charge in [-0.2, -0.15) is 0 Å². The van der Waals surface area contributed by atoms with Crippen molar-refractivity contribution >= 4 is 0 Å². The Bertz CT molecular complexity index is 631. The number of hydrogen-bond acceptors (Lipinski definition) is 3. The Morgan fingerprint density at radius 3 is 2.83 bits per heavy atom. The highest BCUT2D eigenvalue weighted by molar-refractivity contribution is 5.33. The summed E-state index contributed by atoms with van der Waals surface area (Å²) in [5, 5.41) is 3.58. The minimum absolute atomic E-state index is 0.411. The third-order valence-electron chi connectivity index (χ3n) is 4.81. The minimum atomic E-state index is 0.411. The molecule has 1 saturated carbocycles. The molecule has 3 rings (SSSR count). The second-order valence-electron chi connectivity index (χ2n) is 6.99. The van der Waals surface area contributed by atoms with E-state index in [0.29, 0.717) is 12.0 Å². The molecule has 1 unspecified atom stereocenters. The molecule has 2 aromatic rings. The standard InChI is InChI=1S/C20H29N3O/c1-16(15-23-12-11-22-17(23)2)13-21-14-18-7-3-6-10-20(18)24-19-8-4-5-9-19/h3,6-7,10-12,16,19,21H,4-5,8-9,13-15H2,1-2H3. The monoisotopic (exact) mass is 327 g/mol. The summed E-state index contributed by atoms with van der Waals surface area (Å²) in [5.74, 6) is 2.69. The van der Waals surface area contributed by atoms with E-state index in [4.69, 9.17) is 4.74 Å². The van der Waals surface area contributed by atoms with Crippen LogP contribution in [0, 0.1) is 12.8 Å². The zero-order valence-corrected chi connectivity index (χ0v) is 14.9. The summed E-state index contributed by atoms with van der Waals surface area (Å²) in [7, 11) is 0. The van der Waals surface area contributed by atoms with Gasteiger partial charge in [-0.3, -0.25) is 0 Å². The average Bonchev–Trinajstić information content (AvgIpc) is 3.22. The molecule has 1 aliphatic rings. The Morgan fingerprint density at radius 1 is 1.29 bits per heavy atom. The predicted molar refractivity (Wildman–Crippen MR) is 97.2 cm³/mol. The van der Waals surface area contributed by atoms with Gasteiger partial charge in [-0.05, 0) is 51.1 Å². The van der Waals surface area contributed by atoms with Crippen LogP contribution in [0.2, 0.25) is 0 Å². The number of benzene rings is 1. The van der Waals surface area contributed by atoms with Gasteiger partial charge in [-0.1, -0.05) is 25.1 Å². The number of hydrogen-bond donors (Lipinski definition) is 1. The summed E-state index contributed by atoms with van der Waals surface area (Å²) in [6.07, 6.45) is 9.33. The van der Waals surface area contributed by atoms with Crippen molar-refractivity contribution in [2.75, 3.05) is 6.54 Å². The first-order valence-electron chi connectivity index (χ1n) is 9.15. The van der Waals surface area contributed by atoms with Crippen LogP contribution in [-0.2, 0) is 13.1 Å². The van der Waals surface area contributed by atoms with E-state index in [-0.39, 0.29) is 0 Å². The van der Waals surface area contributed by atoms with Gasteiger partial charge in [-0.25, -0.2) is 4.98 Å². The molecule has 0 aliphatic heterocycles. The molecule has 1 aromatic carbocycles. The molecule has 1 fully saturated rings. The Balaban J connectivity index is 1.48. The van der Waals surface area contributed by atoms with Gasteiger partial charge in [0.15, 0.2) is 0 Å². The molecule has 24 heavy (non-hydrogen) atoms. The van der Waals surface area contributed by atoms with Gasteiger partial charge in [0.2, 0.25) is 0 Å². The van der Waals surface area contributed by atoms with Gasteiger partial charge in [0.1, 0.15) is 11.6 Å². The van der Waals surface area contributed by atoms with Gasteiger partial charge >= 0.3 is 0 Å². The minimum Gasteiger partial charge on any atom is -0.490 e. The zero-order valence-electron chi connectivity index (χ0n) is 14.9. The highest BCUT2D eigenvalue weighted by Gasteiger charge is 2.17. The lowest BCUT2D eigenvalue weighted by molar-refractivity contribution is 0.207. The highest BCUT2D eigenvalue weighted by Crippen LogP contribution is 2.26. The molecule has 4 heteroatoms. The molecular formula is C20H29N3O. The first-order valence-corrected chi connectivity index (χ1v) is 9.15. The number of imidazole rings is 1. The highest BCUT2D eigenvalue weighted by atomic mass is 16.5. The van der Waals surface area contributed by atoms with E-state index in [1.165, 1.54) is 31.2 Å². The van der Waals surface area contributed by atoms with Crippen molar-refractivity contribution in [1.29, 1.82) is 0 Å². The number of nitrogens with zero attached hydrogens (tertiary/aromatic N) is 2.